The monoisotopic (exact) mass is 350 g/mol. The first-order chi connectivity index (χ1) is 12.8. The van der Waals surface area contributed by atoms with E-state index in [9.17, 15) is 4.79 Å². The van der Waals surface area contributed by atoms with Gasteiger partial charge in [0.2, 0.25) is 5.91 Å². The predicted octanol–water partition coefficient (Wildman–Crippen LogP) is 2.84. The number of fused-ring (bicyclic) bond motifs is 1. The Labute approximate surface area is 152 Å². The molecule has 1 amide bonds. The van der Waals surface area contributed by atoms with Crippen molar-refractivity contribution in [1.82, 2.24) is 9.88 Å². The average molecular weight is 350 g/mol. The van der Waals surface area contributed by atoms with Gasteiger partial charge >= 0.3 is 0 Å². The second-order valence-corrected chi connectivity index (χ2v) is 6.41. The van der Waals surface area contributed by atoms with Crippen LogP contribution in [-0.2, 0) is 20.8 Å². The Hall–Kier alpha value is -2.63. The lowest BCUT2D eigenvalue weighted by Crippen LogP contribution is -2.40. The standard InChI is InChI=1S/C21H22N2O3/c24-21(22-13-18-15-25-10-11-26-18)14-23-19-9-5-4-8-17(19)12-20(23)16-6-2-1-3-7-16/h1-9,12,18H,10-11,13-15H2,(H,22,24)/t18-/m0/s1. The van der Waals surface area contributed by atoms with Crippen molar-refractivity contribution in [3.63, 3.8) is 0 Å². The molecule has 26 heavy (non-hydrogen) atoms. The molecule has 0 aliphatic carbocycles. The molecule has 4 rings (SSSR count). The van der Waals surface area contributed by atoms with Gasteiger partial charge in [-0.2, -0.15) is 0 Å². The quantitative estimate of drug-likeness (QED) is 0.770. The van der Waals surface area contributed by atoms with Gasteiger partial charge in [-0.1, -0.05) is 48.5 Å². The number of carbonyl (C=O) groups is 1. The van der Waals surface area contributed by atoms with Gasteiger partial charge in [-0.3, -0.25) is 4.79 Å². The molecule has 0 saturated carbocycles. The number of ether oxygens (including phenoxy) is 2. The second-order valence-electron chi connectivity index (χ2n) is 6.41. The van der Waals surface area contributed by atoms with Crippen LogP contribution in [0.1, 0.15) is 0 Å². The van der Waals surface area contributed by atoms with Crippen LogP contribution in [0.5, 0.6) is 0 Å². The zero-order chi connectivity index (χ0) is 17.8. The first-order valence-corrected chi connectivity index (χ1v) is 8.91. The van der Waals surface area contributed by atoms with Crippen molar-refractivity contribution >= 4 is 16.8 Å². The molecular weight excluding hydrogens is 328 g/mol. The van der Waals surface area contributed by atoms with Gasteiger partial charge in [0.1, 0.15) is 6.54 Å². The predicted molar refractivity (Wildman–Crippen MR) is 101 cm³/mol. The minimum atomic E-state index is -0.0669. The molecule has 0 unspecified atom stereocenters. The van der Waals surface area contributed by atoms with E-state index in [1.807, 2.05) is 36.4 Å². The zero-order valence-electron chi connectivity index (χ0n) is 14.6. The molecule has 1 atom stereocenters. The highest BCUT2D eigenvalue weighted by Gasteiger charge is 2.17. The summed E-state index contributed by atoms with van der Waals surface area (Å²) >= 11 is 0. The van der Waals surface area contributed by atoms with Gasteiger partial charge in [0, 0.05) is 23.1 Å². The first-order valence-electron chi connectivity index (χ1n) is 8.91. The fourth-order valence-electron chi connectivity index (χ4n) is 3.31. The molecule has 1 aliphatic rings. The van der Waals surface area contributed by atoms with Crippen molar-refractivity contribution < 1.29 is 14.3 Å². The highest BCUT2D eigenvalue weighted by atomic mass is 16.6. The Balaban J connectivity index is 1.55. The van der Waals surface area contributed by atoms with E-state index in [1.165, 1.54) is 0 Å². The summed E-state index contributed by atoms with van der Waals surface area (Å²) in [7, 11) is 0. The number of nitrogens with zero attached hydrogens (tertiary/aromatic N) is 1. The summed E-state index contributed by atoms with van der Waals surface area (Å²) in [6, 6.07) is 20.4. The third-order valence-electron chi connectivity index (χ3n) is 4.59. The SMILES string of the molecule is O=C(Cn1c(-c2ccccc2)cc2ccccc21)NC[C@H]1COCCO1. The summed E-state index contributed by atoms with van der Waals surface area (Å²) in [6.45, 7) is 2.48. The van der Waals surface area contributed by atoms with E-state index >= 15 is 0 Å². The lowest BCUT2D eigenvalue weighted by molar-refractivity contribution is -0.124. The zero-order valence-corrected chi connectivity index (χ0v) is 14.6. The minimum Gasteiger partial charge on any atom is -0.376 e. The molecule has 1 aromatic heterocycles. The van der Waals surface area contributed by atoms with Crippen molar-refractivity contribution in [2.45, 2.75) is 12.6 Å². The largest absolute Gasteiger partial charge is 0.376 e. The van der Waals surface area contributed by atoms with Crippen LogP contribution in [0.4, 0.5) is 0 Å². The molecule has 2 aromatic carbocycles. The number of para-hydroxylation sites is 1. The van der Waals surface area contributed by atoms with Crippen LogP contribution in [0, 0.1) is 0 Å². The topological polar surface area (TPSA) is 52.5 Å². The molecule has 0 bridgehead atoms. The van der Waals surface area contributed by atoms with E-state index in [4.69, 9.17) is 9.47 Å². The van der Waals surface area contributed by atoms with E-state index in [-0.39, 0.29) is 18.6 Å². The number of benzene rings is 2. The Kier molecular flexibility index (Phi) is 5.00. The maximum atomic E-state index is 12.6. The Bertz CT molecular complexity index is 883. The van der Waals surface area contributed by atoms with Gasteiger partial charge in [-0.05, 0) is 17.7 Å². The third-order valence-corrected chi connectivity index (χ3v) is 4.59. The van der Waals surface area contributed by atoms with Crippen LogP contribution in [0.25, 0.3) is 22.2 Å². The van der Waals surface area contributed by atoms with Crippen molar-refractivity contribution in [2.24, 2.45) is 0 Å². The van der Waals surface area contributed by atoms with E-state index in [0.29, 0.717) is 26.4 Å². The van der Waals surface area contributed by atoms with Gasteiger partial charge in [-0.15, -0.1) is 0 Å². The number of rotatable bonds is 5. The molecule has 134 valence electrons. The smallest absolute Gasteiger partial charge is 0.240 e. The number of carbonyl (C=O) groups excluding carboxylic acids is 1. The van der Waals surface area contributed by atoms with Gasteiger partial charge in [0.05, 0.1) is 25.9 Å². The summed E-state index contributed by atoms with van der Waals surface area (Å²) in [5, 5.41) is 4.10. The number of nitrogens with one attached hydrogen (secondary N) is 1. The summed E-state index contributed by atoms with van der Waals surface area (Å²) in [4.78, 5) is 12.6. The van der Waals surface area contributed by atoms with E-state index in [1.54, 1.807) is 0 Å². The fourth-order valence-corrected chi connectivity index (χ4v) is 3.31. The third kappa shape index (κ3) is 3.64. The fraction of sp³-hybridized carbons (Fsp3) is 0.286. The highest BCUT2D eigenvalue weighted by Crippen LogP contribution is 2.28. The van der Waals surface area contributed by atoms with Crippen LogP contribution >= 0.6 is 0 Å². The van der Waals surface area contributed by atoms with Crippen LogP contribution in [0.2, 0.25) is 0 Å². The molecule has 1 aliphatic heterocycles. The molecule has 1 N–H and O–H groups in total. The molecule has 3 aromatic rings. The van der Waals surface area contributed by atoms with Crippen molar-refractivity contribution in [1.29, 1.82) is 0 Å². The second kappa shape index (κ2) is 7.72. The summed E-state index contributed by atoms with van der Waals surface area (Å²) < 4.78 is 13.0. The van der Waals surface area contributed by atoms with Gasteiger partial charge in [0.15, 0.2) is 0 Å². The van der Waals surface area contributed by atoms with E-state index in [2.05, 4.69) is 34.1 Å². The molecular formula is C21H22N2O3. The Morgan fingerprint density at radius 1 is 1.08 bits per heavy atom. The molecule has 0 radical (unpaired) electrons. The summed E-state index contributed by atoms with van der Waals surface area (Å²) in [5.41, 5.74) is 3.19. The molecule has 2 heterocycles. The number of amides is 1. The van der Waals surface area contributed by atoms with Crippen LogP contribution < -0.4 is 5.32 Å². The normalized spacial score (nSPS) is 17.3. The lowest BCUT2D eigenvalue weighted by Gasteiger charge is -2.23. The van der Waals surface area contributed by atoms with E-state index < -0.39 is 0 Å². The lowest BCUT2D eigenvalue weighted by atomic mass is 10.1. The Morgan fingerprint density at radius 3 is 2.69 bits per heavy atom. The average Bonchev–Trinajstić information content (AvgIpc) is 3.06. The Morgan fingerprint density at radius 2 is 1.88 bits per heavy atom. The molecule has 5 nitrogen and oxygen atoms in total. The first kappa shape index (κ1) is 16.8. The molecule has 1 saturated heterocycles. The number of aromatic nitrogens is 1. The van der Waals surface area contributed by atoms with Crippen LogP contribution in [0.3, 0.4) is 0 Å². The maximum Gasteiger partial charge on any atom is 0.240 e. The molecule has 1 fully saturated rings. The van der Waals surface area contributed by atoms with Crippen molar-refractivity contribution in [2.75, 3.05) is 26.4 Å². The van der Waals surface area contributed by atoms with Gasteiger partial charge in [-0.25, -0.2) is 0 Å². The summed E-state index contributed by atoms with van der Waals surface area (Å²) in [5.74, 6) is -0.0299. The molecule has 0 spiro atoms. The van der Waals surface area contributed by atoms with Crippen molar-refractivity contribution in [3.8, 4) is 11.3 Å². The minimum absolute atomic E-state index is 0.0299. The number of hydrogen-bond donors (Lipinski definition) is 1. The summed E-state index contributed by atoms with van der Waals surface area (Å²) in [6.07, 6.45) is -0.0669. The number of hydrogen-bond acceptors (Lipinski definition) is 3. The van der Waals surface area contributed by atoms with Gasteiger partial charge < -0.3 is 19.4 Å². The van der Waals surface area contributed by atoms with Gasteiger partial charge in [0.25, 0.3) is 0 Å². The van der Waals surface area contributed by atoms with Crippen LogP contribution in [0.15, 0.2) is 60.7 Å². The maximum absolute atomic E-state index is 12.6. The van der Waals surface area contributed by atoms with Crippen LogP contribution in [-0.4, -0.2) is 42.9 Å². The highest BCUT2D eigenvalue weighted by molar-refractivity contribution is 5.89. The van der Waals surface area contributed by atoms with Crippen molar-refractivity contribution in [3.05, 3.63) is 60.7 Å². The van der Waals surface area contributed by atoms with E-state index in [0.717, 1.165) is 22.2 Å². The molecule has 5 heteroatoms.